The molecule has 1 aliphatic carbocycles. The Balaban J connectivity index is 1.96. The van der Waals surface area contributed by atoms with Crippen LogP contribution in [0.4, 0.5) is 5.69 Å². The fourth-order valence-electron chi connectivity index (χ4n) is 2.69. The molecule has 1 N–H and O–H groups in total. The van der Waals surface area contributed by atoms with E-state index in [1.807, 2.05) is 12.1 Å². The van der Waals surface area contributed by atoms with Gasteiger partial charge in [-0.25, -0.2) is 8.42 Å². The van der Waals surface area contributed by atoms with Crippen LogP contribution in [0.1, 0.15) is 39.2 Å². The summed E-state index contributed by atoms with van der Waals surface area (Å²) in [6.07, 6.45) is 2.27. The second-order valence-electron chi connectivity index (χ2n) is 7.62. The van der Waals surface area contributed by atoms with E-state index < -0.39 is 16.1 Å². The Morgan fingerprint density at radius 1 is 1.29 bits per heavy atom. The van der Waals surface area contributed by atoms with Gasteiger partial charge in [-0.2, -0.15) is 0 Å². The molecule has 0 radical (unpaired) electrons. The molecule has 1 amide bonds. The van der Waals surface area contributed by atoms with E-state index in [4.69, 9.17) is 4.74 Å². The molecule has 1 saturated carbocycles. The van der Waals surface area contributed by atoms with Crippen LogP contribution in [0.25, 0.3) is 0 Å². The Morgan fingerprint density at radius 3 is 2.50 bits per heavy atom. The summed E-state index contributed by atoms with van der Waals surface area (Å²) >= 11 is 0. The minimum atomic E-state index is -3.51. The van der Waals surface area contributed by atoms with Crippen molar-refractivity contribution in [3.05, 3.63) is 23.8 Å². The molecule has 1 aliphatic heterocycles. The second kappa shape index (κ2) is 5.65. The molecule has 7 heteroatoms. The zero-order valence-electron chi connectivity index (χ0n) is 14.5. The molecule has 1 heterocycles. The average molecular weight is 352 g/mol. The van der Waals surface area contributed by atoms with Crippen LogP contribution in [0.3, 0.4) is 0 Å². The molecule has 1 fully saturated rings. The standard InChI is InChI=1S/C17H24N2O4S/c1-17(2,3)11-5-8-14-13(9-11)19(24(4,21)22)10-15(23-14)16(20)18-12-6-7-12/h5,8-9,12,15H,6-7,10H2,1-4H3,(H,18,20). The fraction of sp³-hybridized carbons (Fsp3) is 0.588. The van der Waals surface area contributed by atoms with Crippen LogP contribution < -0.4 is 14.4 Å². The molecule has 2 aliphatic rings. The number of hydrogen-bond donors (Lipinski definition) is 1. The van der Waals surface area contributed by atoms with Crippen molar-refractivity contribution in [3.63, 3.8) is 0 Å². The van der Waals surface area contributed by atoms with Crippen LogP contribution in [0.2, 0.25) is 0 Å². The molecule has 1 unspecified atom stereocenters. The third-order valence-electron chi connectivity index (χ3n) is 4.31. The maximum Gasteiger partial charge on any atom is 0.263 e. The van der Waals surface area contributed by atoms with E-state index in [9.17, 15) is 13.2 Å². The molecule has 24 heavy (non-hydrogen) atoms. The maximum absolute atomic E-state index is 12.3. The van der Waals surface area contributed by atoms with Gasteiger partial charge in [0.2, 0.25) is 10.0 Å². The van der Waals surface area contributed by atoms with Crippen molar-refractivity contribution in [2.45, 2.75) is 51.2 Å². The normalized spacial score (nSPS) is 21.0. The number of benzene rings is 1. The van der Waals surface area contributed by atoms with E-state index in [1.165, 1.54) is 4.31 Å². The molecule has 0 bridgehead atoms. The highest BCUT2D eigenvalue weighted by Gasteiger charge is 2.37. The number of nitrogens with zero attached hydrogens (tertiary/aromatic N) is 1. The van der Waals surface area contributed by atoms with E-state index in [1.54, 1.807) is 6.07 Å². The lowest BCUT2D eigenvalue weighted by molar-refractivity contribution is -0.127. The van der Waals surface area contributed by atoms with Gasteiger partial charge in [0.05, 0.1) is 18.5 Å². The largest absolute Gasteiger partial charge is 0.476 e. The van der Waals surface area contributed by atoms with Gasteiger partial charge < -0.3 is 10.1 Å². The van der Waals surface area contributed by atoms with E-state index >= 15 is 0 Å². The van der Waals surface area contributed by atoms with Crippen molar-refractivity contribution in [2.24, 2.45) is 0 Å². The average Bonchev–Trinajstić information content (AvgIpc) is 3.27. The monoisotopic (exact) mass is 352 g/mol. The third-order valence-corrected chi connectivity index (χ3v) is 5.46. The van der Waals surface area contributed by atoms with Gasteiger partial charge in [-0.3, -0.25) is 9.10 Å². The molecule has 6 nitrogen and oxygen atoms in total. The SMILES string of the molecule is CC(C)(C)c1ccc2c(c1)N(S(C)(=O)=O)CC(C(=O)NC1CC1)O2. The lowest BCUT2D eigenvalue weighted by Crippen LogP contribution is -2.51. The lowest BCUT2D eigenvalue weighted by atomic mass is 9.86. The Bertz CT molecular complexity index is 763. The Morgan fingerprint density at radius 2 is 1.96 bits per heavy atom. The highest BCUT2D eigenvalue weighted by molar-refractivity contribution is 7.92. The molecule has 132 valence electrons. The number of hydrogen-bond acceptors (Lipinski definition) is 4. The zero-order chi connectivity index (χ0) is 17.7. The van der Waals surface area contributed by atoms with Crippen molar-refractivity contribution in [3.8, 4) is 5.75 Å². The topological polar surface area (TPSA) is 75.7 Å². The molecule has 3 rings (SSSR count). The predicted octanol–water partition coefficient (Wildman–Crippen LogP) is 1.79. The number of sulfonamides is 1. The minimum Gasteiger partial charge on any atom is -0.476 e. The van der Waals surface area contributed by atoms with Gasteiger partial charge in [0.15, 0.2) is 6.10 Å². The summed E-state index contributed by atoms with van der Waals surface area (Å²) in [6, 6.07) is 5.72. The number of ether oxygens (including phenoxy) is 1. The lowest BCUT2D eigenvalue weighted by Gasteiger charge is -2.35. The first kappa shape index (κ1) is 17.1. The Labute approximate surface area is 143 Å². The Kier molecular flexibility index (Phi) is 4.02. The quantitative estimate of drug-likeness (QED) is 0.900. The summed E-state index contributed by atoms with van der Waals surface area (Å²) in [4.78, 5) is 12.3. The van der Waals surface area contributed by atoms with Crippen LogP contribution in [-0.4, -0.2) is 39.3 Å². The number of rotatable bonds is 3. The predicted molar refractivity (Wildman–Crippen MR) is 92.9 cm³/mol. The number of fused-ring (bicyclic) bond motifs is 1. The van der Waals surface area contributed by atoms with Gasteiger partial charge in [-0.05, 0) is 36.0 Å². The summed E-state index contributed by atoms with van der Waals surface area (Å²) in [5.41, 5.74) is 1.40. The van der Waals surface area contributed by atoms with Gasteiger partial charge in [0.1, 0.15) is 5.75 Å². The fourth-order valence-corrected chi connectivity index (χ4v) is 3.60. The molecular formula is C17H24N2O4S. The van der Waals surface area contributed by atoms with Gasteiger partial charge in [-0.15, -0.1) is 0 Å². The number of amides is 1. The van der Waals surface area contributed by atoms with Crippen LogP contribution >= 0.6 is 0 Å². The molecule has 1 atom stereocenters. The number of carbonyl (C=O) groups is 1. The van der Waals surface area contributed by atoms with Crippen molar-refractivity contribution in [1.29, 1.82) is 0 Å². The van der Waals surface area contributed by atoms with Gasteiger partial charge in [0, 0.05) is 6.04 Å². The third kappa shape index (κ3) is 3.50. The highest BCUT2D eigenvalue weighted by atomic mass is 32.2. The van der Waals surface area contributed by atoms with E-state index in [-0.39, 0.29) is 23.9 Å². The van der Waals surface area contributed by atoms with Gasteiger partial charge in [-0.1, -0.05) is 26.8 Å². The first-order valence-electron chi connectivity index (χ1n) is 8.15. The molecule has 0 saturated heterocycles. The second-order valence-corrected chi connectivity index (χ2v) is 9.52. The smallest absolute Gasteiger partial charge is 0.263 e. The number of anilines is 1. The summed E-state index contributed by atoms with van der Waals surface area (Å²) in [7, 11) is -3.51. The molecular weight excluding hydrogens is 328 g/mol. The van der Waals surface area contributed by atoms with Crippen molar-refractivity contribution >= 4 is 21.6 Å². The van der Waals surface area contributed by atoms with Gasteiger partial charge in [0.25, 0.3) is 5.91 Å². The summed E-state index contributed by atoms with van der Waals surface area (Å²) in [5.74, 6) is 0.173. The van der Waals surface area contributed by atoms with Crippen LogP contribution in [-0.2, 0) is 20.2 Å². The minimum absolute atomic E-state index is 0.00200. The first-order valence-corrected chi connectivity index (χ1v) is 10.00. The van der Waals surface area contributed by atoms with Crippen LogP contribution in [0.15, 0.2) is 18.2 Å². The van der Waals surface area contributed by atoms with Crippen molar-refractivity contribution in [2.75, 3.05) is 17.1 Å². The van der Waals surface area contributed by atoms with Crippen LogP contribution in [0.5, 0.6) is 5.75 Å². The van der Waals surface area contributed by atoms with Crippen molar-refractivity contribution in [1.82, 2.24) is 5.32 Å². The molecule has 1 aromatic rings. The van der Waals surface area contributed by atoms with Gasteiger partial charge >= 0.3 is 0 Å². The number of nitrogens with one attached hydrogen (secondary N) is 1. The summed E-state index contributed by atoms with van der Waals surface area (Å²) < 4.78 is 31.6. The summed E-state index contributed by atoms with van der Waals surface area (Å²) in [6.45, 7) is 6.19. The highest BCUT2D eigenvalue weighted by Crippen LogP contribution is 2.38. The maximum atomic E-state index is 12.3. The van der Waals surface area contributed by atoms with E-state index in [2.05, 4.69) is 26.1 Å². The summed E-state index contributed by atoms with van der Waals surface area (Å²) in [5, 5.41) is 2.88. The molecule has 1 aromatic carbocycles. The number of carbonyl (C=O) groups excluding carboxylic acids is 1. The van der Waals surface area contributed by atoms with Crippen LogP contribution in [0, 0.1) is 0 Å². The van der Waals surface area contributed by atoms with E-state index in [0.29, 0.717) is 11.4 Å². The Hall–Kier alpha value is -1.76. The zero-order valence-corrected chi connectivity index (χ0v) is 15.3. The van der Waals surface area contributed by atoms with Crippen molar-refractivity contribution < 1.29 is 17.9 Å². The molecule has 0 aromatic heterocycles. The first-order chi connectivity index (χ1) is 11.1. The van der Waals surface area contributed by atoms with E-state index in [0.717, 1.165) is 24.7 Å². The molecule has 0 spiro atoms.